The highest BCUT2D eigenvalue weighted by molar-refractivity contribution is 9.10. The van der Waals surface area contributed by atoms with Gasteiger partial charge in [0.1, 0.15) is 5.75 Å². The average Bonchev–Trinajstić information content (AvgIpc) is 2.29. The van der Waals surface area contributed by atoms with E-state index in [1.54, 1.807) is 19.2 Å². The summed E-state index contributed by atoms with van der Waals surface area (Å²) in [6, 6.07) is 4.85. The van der Waals surface area contributed by atoms with E-state index in [2.05, 4.69) is 26.6 Å². The van der Waals surface area contributed by atoms with Crippen molar-refractivity contribution in [3.8, 4) is 5.75 Å². The van der Waals surface area contributed by atoms with Crippen LogP contribution in [0.1, 0.15) is 0 Å². The topological polar surface area (TPSA) is 70.6 Å². The van der Waals surface area contributed by atoms with Crippen LogP contribution in [0.2, 0.25) is 0 Å². The number of rotatable bonds is 6. The molecule has 0 fully saturated rings. The van der Waals surface area contributed by atoms with Crippen LogP contribution in [0.15, 0.2) is 22.7 Å². The summed E-state index contributed by atoms with van der Waals surface area (Å²) in [5.74, 6) is -0.173. The molecule has 0 heterocycles. The number of aromatic hydroxyl groups is 1. The first-order chi connectivity index (χ1) is 8.13. The third kappa shape index (κ3) is 5.16. The number of anilines is 1. The second-order valence-corrected chi connectivity index (χ2v) is 4.29. The summed E-state index contributed by atoms with van der Waals surface area (Å²) in [7, 11) is 1.60. The van der Waals surface area contributed by atoms with Gasteiger partial charge in [-0.25, -0.2) is 0 Å². The summed E-state index contributed by atoms with van der Waals surface area (Å²) in [5, 5.41) is 15.0. The lowest BCUT2D eigenvalue weighted by molar-refractivity contribution is -0.115. The number of phenols is 1. The minimum absolute atomic E-state index is 0.0402. The number of carbonyl (C=O) groups excluding carboxylic acids is 1. The van der Waals surface area contributed by atoms with Gasteiger partial charge in [0.25, 0.3) is 0 Å². The molecule has 1 aromatic carbocycles. The molecule has 1 rings (SSSR count). The lowest BCUT2D eigenvalue weighted by atomic mass is 10.3. The molecule has 3 N–H and O–H groups in total. The van der Waals surface area contributed by atoms with E-state index in [1.807, 2.05) is 0 Å². The van der Waals surface area contributed by atoms with E-state index in [4.69, 9.17) is 4.74 Å². The van der Waals surface area contributed by atoms with Crippen molar-refractivity contribution >= 4 is 27.5 Å². The van der Waals surface area contributed by atoms with Gasteiger partial charge in [0.05, 0.1) is 18.8 Å². The summed E-state index contributed by atoms with van der Waals surface area (Å²) < 4.78 is 5.63. The second kappa shape index (κ2) is 7.26. The number of phenolic OH excluding ortho intramolecular Hbond substituents is 1. The summed E-state index contributed by atoms with van der Waals surface area (Å²) >= 11 is 3.26. The second-order valence-electron chi connectivity index (χ2n) is 3.38. The van der Waals surface area contributed by atoms with Gasteiger partial charge in [0.2, 0.25) is 5.91 Å². The van der Waals surface area contributed by atoms with Gasteiger partial charge >= 0.3 is 0 Å². The highest BCUT2D eigenvalue weighted by Crippen LogP contribution is 2.26. The largest absolute Gasteiger partial charge is 0.506 e. The zero-order valence-electron chi connectivity index (χ0n) is 9.50. The standard InChI is InChI=1S/C11H15BrN2O3/c1-17-5-4-13-7-11(16)14-9-6-8(12)2-3-10(9)15/h2-3,6,13,15H,4-5,7H2,1H3,(H,14,16). The van der Waals surface area contributed by atoms with E-state index in [0.717, 1.165) is 4.47 Å². The number of benzene rings is 1. The van der Waals surface area contributed by atoms with Crippen molar-refractivity contribution in [2.24, 2.45) is 0 Å². The molecule has 94 valence electrons. The van der Waals surface area contributed by atoms with Crippen LogP contribution in [0.5, 0.6) is 5.75 Å². The molecule has 0 atom stereocenters. The monoisotopic (exact) mass is 302 g/mol. The first kappa shape index (κ1) is 14.0. The number of hydrogen-bond donors (Lipinski definition) is 3. The van der Waals surface area contributed by atoms with E-state index in [-0.39, 0.29) is 18.2 Å². The Hall–Kier alpha value is -1.11. The predicted octanol–water partition coefficient (Wildman–Crippen LogP) is 1.33. The van der Waals surface area contributed by atoms with Crippen LogP contribution in [0.3, 0.4) is 0 Å². The fraction of sp³-hybridized carbons (Fsp3) is 0.364. The molecule has 1 aromatic rings. The van der Waals surface area contributed by atoms with E-state index in [9.17, 15) is 9.90 Å². The molecule has 5 nitrogen and oxygen atoms in total. The van der Waals surface area contributed by atoms with Gasteiger partial charge in [-0.05, 0) is 18.2 Å². The minimum Gasteiger partial charge on any atom is -0.506 e. The maximum Gasteiger partial charge on any atom is 0.238 e. The minimum atomic E-state index is -0.213. The Morgan fingerprint density at radius 2 is 2.29 bits per heavy atom. The number of carbonyl (C=O) groups is 1. The van der Waals surface area contributed by atoms with Crippen molar-refractivity contribution in [3.05, 3.63) is 22.7 Å². The quantitative estimate of drug-likeness (QED) is 0.548. The lowest BCUT2D eigenvalue weighted by Gasteiger charge is -2.08. The maximum atomic E-state index is 11.5. The first-order valence-corrected chi connectivity index (χ1v) is 5.91. The molecule has 0 spiro atoms. The molecular formula is C11H15BrN2O3. The van der Waals surface area contributed by atoms with Crippen molar-refractivity contribution in [1.29, 1.82) is 0 Å². The van der Waals surface area contributed by atoms with Crippen LogP contribution in [-0.4, -0.2) is 37.8 Å². The van der Waals surface area contributed by atoms with E-state index in [0.29, 0.717) is 18.8 Å². The van der Waals surface area contributed by atoms with Gasteiger partial charge in [-0.2, -0.15) is 0 Å². The van der Waals surface area contributed by atoms with Crippen molar-refractivity contribution in [3.63, 3.8) is 0 Å². The Bertz CT molecular complexity index is 385. The highest BCUT2D eigenvalue weighted by atomic mass is 79.9. The Morgan fingerprint density at radius 3 is 3.00 bits per heavy atom. The molecule has 0 aliphatic heterocycles. The predicted molar refractivity (Wildman–Crippen MR) is 69.2 cm³/mol. The van der Waals surface area contributed by atoms with Gasteiger partial charge in [-0.3, -0.25) is 4.79 Å². The smallest absolute Gasteiger partial charge is 0.238 e. The molecule has 0 aliphatic carbocycles. The van der Waals surface area contributed by atoms with Crippen molar-refractivity contribution in [1.82, 2.24) is 5.32 Å². The van der Waals surface area contributed by atoms with Crippen LogP contribution in [-0.2, 0) is 9.53 Å². The molecule has 0 unspecified atom stereocenters. The van der Waals surface area contributed by atoms with E-state index < -0.39 is 0 Å². The summed E-state index contributed by atoms with van der Waals surface area (Å²) in [6.07, 6.45) is 0. The molecule has 0 radical (unpaired) electrons. The Labute approximate surface area is 108 Å². The molecule has 6 heteroatoms. The number of methoxy groups -OCH3 is 1. The first-order valence-electron chi connectivity index (χ1n) is 5.11. The van der Waals surface area contributed by atoms with Gasteiger partial charge in [0.15, 0.2) is 0 Å². The van der Waals surface area contributed by atoms with Gasteiger partial charge in [-0.15, -0.1) is 0 Å². The van der Waals surface area contributed by atoms with Gasteiger partial charge in [-0.1, -0.05) is 15.9 Å². The number of hydrogen-bond acceptors (Lipinski definition) is 4. The maximum absolute atomic E-state index is 11.5. The van der Waals surface area contributed by atoms with Crippen LogP contribution >= 0.6 is 15.9 Å². The molecular weight excluding hydrogens is 288 g/mol. The zero-order valence-corrected chi connectivity index (χ0v) is 11.1. The SMILES string of the molecule is COCCNCC(=O)Nc1cc(Br)ccc1O. The molecule has 0 aromatic heterocycles. The third-order valence-corrected chi connectivity index (χ3v) is 2.49. The molecule has 0 aliphatic rings. The highest BCUT2D eigenvalue weighted by Gasteiger charge is 2.06. The lowest BCUT2D eigenvalue weighted by Crippen LogP contribution is -2.30. The Morgan fingerprint density at radius 1 is 1.53 bits per heavy atom. The van der Waals surface area contributed by atoms with Crippen LogP contribution in [0.4, 0.5) is 5.69 Å². The van der Waals surface area contributed by atoms with Crippen molar-refractivity contribution in [2.45, 2.75) is 0 Å². The van der Waals surface area contributed by atoms with E-state index in [1.165, 1.54) is 6.07 Å². The molecule has 0 saturated heterocycles. The average molecular weight is 303 g/mol. The summed E-state index contributed by atoms with van der Waals surface area (Å²) in [6.45, 7) is 1.33. The van der Waals surface area contributed by atoms with Crippen molar-refractivity contribution in [2.75, 3.05) is 32.1 Å². The third-order valence-electron chi connectivity index (χ3n) is 2.00. The van der Waals surface area contributed by atoms with E-state index >= 15 is 0 Å². The molecule has 1 amide bonds. The number of halogens is 1. The molecule has 0 saturated carbocycles. The number of ether oxygens (including phenoxy) is 1. The molecule has 0 bridgehead atoms. The summed E-state index contributed by atoms with van der Waals surface area (Å²) in [5.41, 5.74) is 0.387. The zero-order chi connectivity index (χ0) is 12.7. The fourth-order valence-corrected chi connectivity index (χ4v) is 1.54. The van der Waals surface area contributed by atoms with Crippen LogP contribution in [0, 0.1) is 0 Å². The normalized spacial score (nSPS) is 10.2. The van der Waals surface area contributed by atoms with Crippen LogP contribution in [0.25, 0.3) is 0 Å². The summed E-state index contributed by atoms with van der Waals surface area (Å²) in [4.78, 5) is 11.5. The fourth-order valence-electron chi connectivity index (χ4n) is 1.18. The number of nitrogens with one attached hydrogen (secondary N) is 2. The Balaban J connectivity index is 2.42. The van der Waals surface area contributed by atoms with Crippen molar-refractivity contribution < 1.29 is 14.6 Å². The Kier molecular flexibility index (Phi) is 5.96. The van der Waals surface area contributed by atoms with Crippen LogP contribution < -0.4 is 10.6 Å². The number of amides is 1. The molecule has 17 heavy (non-hydrogen) atoms. The van der Waals surface area contributed by atoms with Gasteiger partial charge < -0.3 is 20.5 Å². The van der Waals surface area contributed by atoms with Gasteiger partial charge in [0, 0.05) is 18.1 Å².